The minimum atomic E-state index is -4.67. The predicted molar refractivity (Wildman–Crippen MR) is 79.1 cm³/mol. The Morgan fingerprint density at radius 2 is 2.00 bits per heavy atom. The Hall–Kier alpha value is -1.58. The fourth-order valence-electron chi connectivity index (χ4n) is 2.78. The molecule has 11 heteroatoms. The van der Waals surface area contributed by atoms with Gasteiger partial charge in [0.25, 0.3) is 5.69 Å². The highest BCUT2D eigenvalue weighted by Crippen LogP contribution is 2.39. The number of halogens is 5. The Bertz CT molecular complexity index is 684. The number of rotatable bonds is 4. The number of alkyl halides is 3. The van der Waals surface area contributed by atoms with E-state index in [1.165, 1.54) is 11.0 Å². The molecule has 1 fully saturated rings. The predicted octanol–water partition coefficient (Wildman–Crippen LogP) is 3.60. The molecule has 1 N–H and O–H groups in total. The molecule has 0 aliphatic carbocycles. The molecular weight excluding hydrogens is 376 g/mol. The molecule has 1 saturated heterocycles. The summed E-state index contributed by atoms with van der Waals surface area (Å²) < 4.78 is 38.9. The molecule has 1 aromatic rings. The number of nitrogens with zero attached hydrogens (tertiary/aromatic N) is 2. The molecular formula is C13H11Cl2F3N2O4. The van der Waals surface area contributed by atoms with Crippen LogP contribution in [0, 0.1) is 22.0 Å². The lowest BCUT2D eigenvalue weighted by molar-refractivity contribution is -0.385. The lowest BCUT2D eigenvalue weighted by Crippen LogP contribution is -2.33. The van der Waals surface area contributed by atoms with Gasteiger partial charge in [0.15, 0.2) is 0 Å². The zero-order valence-electron chi connectivity index (χ0n) is 11.9. The molecule has 1 aliphatic rings. The number of aliphatic carboxylic acids is 1. The summed E-state index contributed by atoms with van der Waals surface area (Å²) in [6.45, 7) is -1.20. The van der Waals surface area contributed by atoms with Crippen molar-refractivity contribution in [2.75, 3.05) is 13.1 Å². The first-order valence-corrected chi connectivity index (χ1v) is 7.40. The van der Waals surface area contributed by atoms with E-state index in [2.05, 4.69) is 0 Å². The minimum absolute atomic E-state index is 0.0319. The van der Waals surface area contributed by atoms with Gasteiger partial charge in [-0.3, -0.25) is 19.8 Å². The van der Waals surface area contributed by atoms with Crippen LogP contribution in [0.5, 0.6) is 0 Å². The Kier molecular flexibility index (Phi) is 5.26. The summed E-state index contributed by atoms with van der Waals surface area (Å²) in [6, 6.07) is 2.40. The zero-order valence-corrected chi connectivity index (χ0v) is 13.4. The first kappa shape index (κ1) is 18.8. The van der Waals surface area contributed by atoms with Gasteiger partial charge in [0, 0.05) is 30.2 Å². The van der Waals surface area contributed by atoms with Gasteiger partial charge < -0.3 is 5.11 Å². The molecule has 6 nitrogen and oxygen atoms in total. The molecule has 0 radical (unpaired) electrons. The second-order valence-corrected chi connectivity index (χ2v) is 6.28. The van der Waals surface area contributed by atoms with Gasteiger partial charge in [-0.05, 0) is 12.1 Å². The van der Waals surface area contributed by atoms with Crippen molar-refractivity contribution in [3.05, 3.63) is 37.9 Å². The van der Waals surface area contributed by atoms with Gasteiger partial charge in [-0.15, -0.1) is 0 Å². The molecule has 1 aromatic carbocycles. The third-order valence-corrected chi connectivity index (χ3v) is 4.32. The second-order valence-electron chi connectivity index (χ2n) is 5.44. The fourth-order valence-corrected chi connectivity index (χ4v) is 3.39. The lowest BCUT2D eigenvalue weighted by Gasteiger charge is -2.18. The van der Waals surface area contributed by atoms with Crippen molar-refractivity contribution in [3.63, 3.8) is 0 Å². The third-order valence-electron chi connectivity index (χ3n) is 3.82. The zero-order chi connectivity index (χ0) is 18.2. The Balaban J connectivity index is 2.30. The number of nitro benzene ring substituents is 1. The number of carbonyl (C=O) groups is 1. The van der Waals surface area contributed by atoms with Gasteiger partial charge in [0.05, 0.1) is 16.8 Å². The van der Waals surface area contributed by atoms with Crippen molar-refractivity contribution in [1.82, 2.24) is 4.90 Å². The molecule has 0 spiro atoms. The van der Waals surface area contributed by atoms with E-state index in [0.29, 0.717) is 0 Å². The summed E-state index contributed by atoms with van der Waals surface area (Å²) in [7, 11) is 0. The Morgan fingerprint density at radius 3 is 2.46 bits per heavy atom. The van der Waals surface area contributed by atoms with Gasteiger partial charge >= 0.3 is 12.1 Å². The number of likely N-dealkylation sites (tertiary alicyclic amines) is 1. The first-order chi connectivity index (χ1) is 11.0. The molecule has 0 bridgehead atoms. The maximum absolute atomic E-state index is 13.0. The van der Waals surface area contributed by atoms with Crippen LogP contribution in [-0.2, 0) is 11.3 Å². The van der Waals surface area contributed by atoms with E-state index < -0.39 is 41.1 Å². The van der Waals surface area contributed by atoms with Crippen molar-refractivity contribution >= 4 is 34.9 Å². The van der Waals surface area contributed by atoms with Crippen molar-refractivity contribution in [2.24, 2.45) is 11.8 Å². The standard InChI is InChI=1S/C13H11Cl2F3N2O4/c14-7-1-6(11(20(23)24)10(15)2-7)3-19-4-8(12(21)22)9(5-19)13(16,17)18/h1-2,8-9H,3-5H2,(H,21,22)/t8-,9-/m1/s1. The summed E-state index contributed by atoms with van der Waals surface area (Å²) in [6.07, 6.45) is -4.67. The van der Waals surface area contributed by atoms with Gasteiger partial charge in [-0.25, -0.2) is 0 Å². The smallest absolute Gasteiger partial charge is 0.393 e. The van der Waals surface area contributed by atoms with Crippen LogP contribution in [0.4, 0.5) is 18.9 Å². The second kappa shape index (κ2) is 6.73. The van der Waals surface area contributed by atoms with E-state index in [1.54, 1.807) is 0 Å². The molecule has 2 atom stereocenters. The topological polar surface area (TPSA) is 83.7 Å². The van der Waals surface area contributed by atoms with Crippen LogP contribution in [0.3, 0.4) is 0 Å². The van der Waals surface area contributed by atoms with E-state index in [-0.39, 0.29) is 28.7 Å². The number of benzene rings is 1. The highest BCUT2D eigenvalue weighted by Gasteiger charge is 2.52. The number of carboxylic acid groups (broad SMARTS) is 1. The maximum atomic E-state index is 13.0. The fraction of sp³-hybridized carbons (Fsp3) is 0.462. The van der Waals surface area contributed by atoms with Gasteiger partial charge in [-0.2, -0.15) is 13.2 Å². The summed E-state index contributed by atoms with van der Waals surface area (Å²) in [5, 5.41) is 20.0. The highest BCUT2D eigenvalue weighted by molar-refractivity contribution is 6.36. The molecule has 0 saturated carbocycles. The maximum Gasteiger partial charge on any atom is 0.393 e. The average molecular weight is 387 g/mol. The van der Waals surface area contributed by atoms with Crippen molar-refractivity contribution in [2.45, 2.75) is 12.7 Å². The van der Waals surface area contributed by atoms with E-state index in [0.717, 1.165) is 6.07 Å². The monoisotopic (exact) mass is 386 g/mol. The van der Waals surface area contributed by atoms with Crippen molar-refractivity contribution in [1.29, 1.82) is 0 Å². The van der Waals surface area contributed by atoms with Crippen LogP contribution in [0.25, 0.3) is 0 Å². The quantitative estimate of drug-likeness (QED) is 0.631. The molecule has 0 unspecified atom stereocenters. The van der Waals surface area contributed by atoms with E-state index in [4.69, 9.17) is 28.3 Å². The molecule has 132 valence electrons. The van der Waals surface area contributed by atoms with Crippen molar-refractivity contribution in [3.8, 4) is 0 Å². The average Bonchev–Trinajstić information content (AvgIpc) is 2.81. The third kappa shape index (κ3) is 3.90. The molecule has 0 aromatic heterocycles. The summed E-state index contributed by atoms with van der Waals surface area (Å²) in [5.41, 5.74) is -0.423. The number of hydrogen-bond donors (Lipinski definition) is 1. The Morgan fingerprint density at radius 1 is 1.38 bits per heavy atom. The van der Waals surface area contributed by atoms with Gasteiger partial charge in [0.2, 0.25) is 0 Å². The highest BCUT2D eigenvalue weighted by atomic mass is 35.5. The van der Waals surface area contributed by atoms with E-state index in [1.807, 2.05) is 0 Å². The van der Waals surface area contributed by atoms with E-state index in [9.17, 15) is 28.1 Å². The Labute approximate surface area is 143 Å². The lowest BCUT2D eigenvalue weighted by atomic mass is 9.96. The van der Waals surface area contributed by atoms with Crippen LogP contribution >= 0.6 is 23.2 Å². The molecule has 1 heterocycles. The van der Waals surface area contributed by atoms with Crippen LogP contribution < -0.4 is 0 Å². The van der Waals surface area contributed by atoms with Crippen molar-refractivity contribution < 1.29 is 28.0 Å². The molecule has 2 rings (SSSR count). The summed E-state index contributed by atoms with van der Waals surface area (Å²) in [5.74, 6) is -5.22. The summed E-state index contributed by atoms with van der Waals surface area (Å²) in [4.78, 5) is 22.6. The number of nitro groups is 1. The normalized spacial score (nSPS) is 21.9. The molecule has 24 heavy (non-hydrogen) atoms. The van der Waals surface area contributed by atoms with Crippen LogP contribution in [0.1, 0.15) is 5.56 Å². The van der Waals surface area contributed by atoms with Gasteiger partial charge in [0.1, 0.15) is 5.02 Å². The largest absolute Gasteiger partial charge is 0.481 e. The number of hydrogen-bond acceptors (Lipinski definition) is 4. The summed E-state index contributed by atoms with van der Waals surface area (Å²) >= 11 is 11.6. The van der Waals surface area contributed by atoms with Crippen LogP contribution in [0.2, 0.25) is 10.0 Å². The van der Waals surface area contributed by atoms with E-state index >= 15 is 0 Å². The van der Waals surface area contributed by atoms with Gasteiger partial charge in [-0.1, -0.05) is 23.2 Å². The van der Waals surface area contributed by atoms with Crippen LogP contribution in [0.15, 0.2) is 12.1 Å². The molecule has 1 aliphatic heterocycles. The first-order valence-electron chi connectivity index (χ1n) is 6.65. The SMILES string of the molecule is O=C(O)[C@@H]1CN(Cc2cc(Cl)cc(Cl)c2[N+](=O)[O-])C[C@H]1C(F)(F)F. The van der Waals surface area contributed by atoms with Crippen LogP contribution in [-0.4, -0.2) is 40.2 Å². The minimum Gasteiger partial charge on any atom is -0.481 e. The molecule has 0 amide bonds. The number of carboxylic acids is 1.